The van der Waals surface area contributed by atoms with Gasteiger partial charge in [0, 0.05) is 16.8 Å². The molecule has 2 rings (SSSR count). The second-order valence-electron chi connectivity index (χ2n) is 4.14. The maximum Gasteiger partial charge on any atom is 0.256 e. The van der Waals surface area contributed by atoms with E-state index in [1.54, 1.807) is 37.3 Å². The molecule has 0 unspecified atom stereocenters. The second-order valence-corrected chi connectivity index (χ2v) is 4.55. The minimum atomic E-state index is -0.346. The molecule has 98 valence electrons. The van der Waals surface area contributed by atoms with E-state index in [4.69, 9.17) is 17.3 Å². The minimum absolute atomic E-state index is 0.0753. The Kier molecular flexibility index (Phi) is 3.62. The number of anilines is 2. The van der Waals surface area contributed by atoms with Crippen molar-refractivity contribution in [1.82, 2.24) is 0 Å². The van der Waals surface area contributed by atoms with E-state index >= 15 is 0 Å². The number of hydrogen-bond donors (Lipinski definition) is 3. The van der Waals surface area contributed by atoms with E-state index in [0.29, 0.717) is 27.5 Å². The fraction of sp³-hybridized carbons (Fsp3) is 0.0714. The first-order valence-electron chi connectivity index (χ1n) is 5.64. The van der Waals surface area contributed by atoms with Crippen LogP contribution in [0.5, 0.6) is 5.75 Å². The predicted molar refractivity (Wildman–Crippen MR) is 76.7 cm³/mol. The van der Waals surface area contributed by atoms with Crippen LogP contribution in [0.25, 0.3) is 0 Å². The van der Waals surface area contributed by atoms with Crippen LogP contribution in [0, 0.1) is 6.92 Å². The smallest absolute Gasteiger partial charge is 0.256 e. The lowest BCUT2D eigenvalue weighted by Crippen LogP contribution is -2.13. The average Bonchev–Trinajstić information content (AvgIpc) is 2.37. The van der Waals surface area contributed by atoms with Gasteiger partial charge >= 0.3 is 0 Å². The lowest BCUT2D eigenvalue weighted by Gasteiger charge is -2.10. The van der Waals surface area contributed by atoms with Gasteiger partial charge in [0.1, 0.15) is 5.75 Å². The van der Waals surface area contributed by atoms with E-state index in [2.05, 4.69) is 5.32 Å². The summed E-state index contributed by atoms with van der Waals surface area (Å²) >= 11 is 5.98. The lowest BCUT2D eigenvalue weighted by molar-refractivity contribution is 0.102. The maximum atomic E-state index is 12.1. The molecule has 0 aliphatic carbocycles. The van der Waals surface area contributed by atoms with Gasteiger partial charge in [0.2, 0.25) is 0 Å². The third-order valence-corrected chi connectivity index (χ3v) is 3.12. The lowest BCUT2D eigenvalue weighted by atomic mass is 10.1. The number of nitrogens with two attached hydrogens (primary N) is 1. The zero-order chi connectivity index (χ0) is 14.0. The van der Waals surface area contributed by atoms with Crippen LogP contribution in [0.2, 0.25) is 5.02 Å². The molecule has 4 N–H and O–H groups in total. The molecule has 0 aliphatic heterocycles. The standard InChI is InChI=1S/C14H13ClN2O2/c1-8-10(3-2-4-13(8)18)14(19)17-12-7-9(16)5-6-11(12)15/h2-7,18H,16H2,1H3,(H,17,19). The Morgan fingerprint density at radius 1 is 1.32 bits per heavy atom. The molecule has 0 spiro atoms. The van der Waals surface area contributed by atoms with E-state index in [-0.39, 0.29) is 11.7 Å². The Morgan fingerprint density at radius 3 is 2.79 bits per heavy atom. The zero-order valence-electron chi connectivity index (χ0n) is 10.3. The van der Waals surface area contributed by atoms with Crippen molar-refractivity contribution in [1.29, 1.82) is 0 Å². The number of phenols is 1. The van der Waals surface area contributed by atoms with Crippen molar-refractivity contribution in [3.05, 3.63) is 52.5 Å². The van der Waals surface area contributed by atoms with Gasteiger partial charge in [-0.15, -0.1) is 0 Å². The highest BCUT2D eigenvalue weighted by molar-refractivity contribution is 6.34. The van der Waals surface area contributed by atoms with Crippen LogP contribution < -0.4 is 11.1 Å². The van der Waals surface area contributed by atoms with Crippen LogP contribution >= 0.6 is 11.6 Å². The van der Waals surface area contributed by atoms with Gasteiger partial charge in [0.25, 0.3) is 5.91 Å². The third kappa shape index (κ3) is 2.80. The third-order valence-electron chi connectivity index (χ3n) is 2.79. The van der Waals surface area contributed by atoms with Gasteiger partial charge in [-0.1, -0.05) is 17.7 Å². The monoisotopic (exact) mass is 276 g/mol. The molecule has 0 aromatic heterocycles. The fourth-order valence-corrected chi connectivity index (χ4v) is 1.86. The molecule has 1 amide bonds. The topological polar surface area (TPSA) is 75.3 Å². The highest BCUT2D eigenvalue weighted by Gasteiger charge is 2.13. The molecule has 0 fully saturated rings. The van der Waals surface area contributed by atoms with Crippen LogP contribution in [0.1, 0.15) is 15.9 Å². The summed E-state index contributed by atoms with van der Waals surface area (Å²) in [6.45, 7) is 1.67. The summed E-state index contributed by atoms with van der Waals surface area (Å²) in [7, 11) is 0. The van der Waals surface area contributed by atoms with Crippen molar-refractivity contribution in [2.24, 2.45) is 0 Å². The average molecular weight is 277 g/mol. The summed E-state index contributed by atoms with van der Waals surface area (Å²) in [5, 5.41) is 12.7. The van der Waals surface area contributed by atoms with Crippen molar-refractivity contribution in [3.63, 3.8) is 0 Å². The molecular weight excluding hydrogens is 264 g/mol. The maximum absolute atomic E-state index is 12.1. The van der Waals surface area contributed by atoms with Crippen molar-refractivity contribution in [2.75, 3.05) is 11.1 Å². The Morgan fingerprint density at radius 2 is 2.05 bits per heavy atom. The van der Waals surface area contributed by atoms with Crippen molar-refractivity contribution < 1.29 is 9.90 Å². The summed E-state index contributed by atoms with van der Waals surface area (Å²) in [6, 6.07) is 9.61. The second kappa shape index (κ2) is 5.20. The Hall–Kier alpha value is -2.20. The SMILES string of the molecule is Cc1c(O)cccc1C(=O)Nc1cc(N)ccc1Cl. The predicted octanol–water partition coefficient (Wildman–Crippen LogP) is 3.19. The number of aromatic hydroxyl groups is 1. The summed E-state index contributed by atoms with van der Waals surface area (Å²) in [5.74, 6) is -0.271. The van der Waals surface area contributed by atoms with Crippen molar-refractivity contribution in [2.45, 2.75) is 6.92 Å². The molecule has 0 saturated heterocycles. The first-order chi connectivity index (χ1) is 8.99. The number of nitrogen functional groups attached to an aromatic ring is 1. The molecule has 0 heterocycles. The highest BCUT2D eigenvalue weighted by Crippen LogP contribution is 2.26. The number of rotatable bonds is 2. The molecule has 0 bridgehead atoms. The van der Waals surface area contributed by atoms with Crippen LogP contribution in [-0.2, 0) is 0 Å². The number of carbonyl (C=O) groups is 1. The highest BCUT2D eigenvalue weighted by atomic mass is 35.5. The number of carbonyl (C=O) groups excluding carboxylic acids is 1. The zero-order valence-corrected chi connectivity index (χ0v) is 11.0. The number of phenolic OH excluding ortho intramolecular Hbond substituents is 1. The molecule has 0 radical (unpaired) electrons. The molecule has 0 saturated carbocycles. The van der Waals surface area contributed by atoms with E-state index in [9.17, 15) is 9.90 Å². The summed E-state index contributed by atoms with van der Waals surface area (Å²) in [5.41, 5.74) is 7.49. The van der Waals surface area contributed by atoms with Gasteiger partial charge in [0.05, 0.1) is 10.7 Å². The number of halogens is 1. The number of amides is 1. The Labute approximate surface area is 115 Å². The molecule has 2 aromatic carbocycles. The summed E-state index contributed by atoms with van der Waals surface area (Å²) in [4.78, 5) is 12.1. The molecule has 5 heteroatoms. The normalized spacial score (nSPS) is 10.2. The Balaban J connectivity index is 2.31. The van der Waals surface area contributed by atoms with E-state index in [0.717, 1.165) is 0 Å². The quantitative estimate of drug-likeness (QED) is 0.737. The minimum Gasteiger partial charge on any atom is -0.508 e. The van der Waals surface area contributed by atoms with E-state index in [1.165, 1.54) is 6.07 Å². The van der Waals surface area contributed by atoms with Gasteiger partial charge in [-0.2, -0.15) is 0 Å². The van der Waals surface area contributed by atoms with Gasteiger partial charge in [-0.05, 0) is 37.3 Å². The van der Waals surface area contributed by atoms with E-state index < -0.39 is 0 Å². The van der Waals surface area contributed by atoms with Crippen LogP contribution in [-0.4, -0.2) is 11.0 Å². The van der Waals surface area contributed by atoms with Crippen LogP contribution in [0.4, 0.5) is 11.4 Å². The molecule has 2 aromatic rings. The van der Waals surface area contributed by atoms with Crippen molar-refractivity contribution in [3.8, 4) is 5.75 Å². The van der Waals surface area contributed by atoms with Gasteiger partial charge in [-0.25, -0.2) is 0 Å². The molecule has 19 heavy (non-hydrogen) atoms. The molecule has 0 aliphatic rings. The van der Waals surface area contributed by atoms with Gasteiger partial charge < -0.3 is 16.2 Å². The van der Waals surface area contributed by atoms with E-state index in [1.807, 2.05) is 0 Å². The molecule has 0 atom stereocenters. The van der Waals surface area contributed by atoms with Crippen LogP contribution in [0.15, 0.2) is 36.4 Å². The van der Waals surface area contributed by atoms with Gasteiger partial charge in [0.15, 0.2) is 0 Å². The first kappa shape index (κ1) is 13.2. The molecule has 4 nitrogen and oxygen atoms in total. The largest absolute Gasteiger partial charge is 0.508 e. The van der Waals surface area contributed by atoms with Crippen LogP contribution in [0.3, 0.4) is 0 Å². The number of benzene rings is 2. The first-order valence-corrected chi connectivity index (χ1v) is 6.02. The van der Waals surface area contributed by atoms with Gasteiger partial charge in [-0.3, -0.25) is 4.79 Å². The summed E-state index contributed by atoms with van der Waals surface area (Å²) < 4.78 is 0. The number of hydrogen-bond acceptors (Lipinski definition) is 3. The van der Waals surface area contributed by atoms with Crippen molar-refractivity contribution >= 4 is 28.9 Å². The molecular formula is C14H13ClN2O2. The summed E-state index contributed by atoms with van der Waals surface area (Å²) in [6.07, 6.45) is 0. The number of nitrogens with one attached hydrogen (secondary N) is 1. The fourth-order valence-electron chi connectivity index (χ4n) is 1.70. The Bertz CT molecular complexity index is 641.